The van der Waals surface area contributed by atoms with Crippen LogP contribution >= 0.6 is 11.3 Å². The summed E-state index contributed by atoms with van der Waals surface area (Å²) in [5.74, 6) is 0. The van der Waals surface area contributed by atoms with Gasteiger partial charge in [0.05, 0.1) is 6.04 Å². The maximum Gasteiger partial charge on any atom is 0.109 e. The van der Waals surface area contributed by atoms with Crippen molar-refractivity contribution in [3.63, 3.8) is 0 Å². The molecule has 0 saturated heterocycles. The molecular formula is C11H19N3S. The lowest BCUT2D eigenvalue weighted by Gasteiger charge is -2.14. The zero-order valence-electron chi connectivity index (χ0n) is 9.20. The average molecular weight is 225 g/mol. The maximum atomic E-state index is 4.35. The van der Waals surface area contributed by atoms with Gasteiger partial charge in [-0.3, -0.25) is 0 Å². The van der Waals surface area contributed by atoms with Gasteiger partial charge in [0.15, 0.2) is 0 Å². The highest BCUT2D eigenvalue weighted by atomic mass is 32.1. The quantitative estimate of drug-likeness (QED) is 0.696. The summed E-state index contributed by atoms with van der Waals surface area (Å²) in [7, 11) is 0. The summed E-state index contributed by atoms with van der Waals surface area (Å²) in [5, 5.41) is 10.3. The predicted octanol–water partition coefficient (Wildman–Crippen LogP) is 1.94. The molecule has 1 aliphatic carbocycles. The first-order chi connectivity index (χ1) is 7.40. The molecule has 1 saturated carbocycles. The molecule has 2 rings (SSSR count). The van der Waals surface area contributed by atoms with Gasteiger partial charge in [0, 0.05) is 30.7 Å². The van der Waals surface area contributed by atoms with Gasteiger partial charge in [0.1, 0.15) is 5.01 Å². The van der Waals surface area contributed by atoms with Crippen molar-refractivity contribution in [1.29, 1.82) is 0 Å². The van der Waals surface area contributed by atoms with Gasteiger partial charge in [-0.15, -0.1) is 11.3 Å². The third kappa shape index (κ3) is 3.55. The van der Waals surface area contributed by atoms with Crippen LogP contribution in [0.4, 0.5) is 0 Å². The third-order valence-electron chi connectivity index (χ3n) is 2.68. The van der Waals surface area contributed by atoms with Crippen LogP contribution in [0.3, 0.4) is 0 Å². The van der Waals surface area contributed by atoms with Gasteiger partial charge < -0.3 is 10.6 Å². The van der Waals surface area contributed by atoms with E-state index in [2.05, 4.69) is 22.5 Å². The topological polar surface area (TPSA) is 37.0 Å². The molecule has 0 aromatic carbocycles. The van der Waals surface area contributed by atoms with Gasteiger partial charge in [0.2, 0.25) is 0 Å². The van der Waals surface area contributed by atoms with Gasteiger partial charge in [-0.05, 0) is 19.3 Å². The highest BCUT2D eigenvalue weighted by Gasteiger charge is 2.19. The lowest BCUT2D eigenvalue weighted by atomic mass is 10.2. The van der Waals surface area contributed by atoms with Gasteiger partial charge in [-0.1, -0.05) is 6.92 Å². The molecule has 0 radical (unpaired) electrons. The van der Waals surface area contributed by atoms with Crippen molar-refractivity contribution in [2.24, 2.45) is 0 Å². The minimum Gasteiger partial charge on any atom is -0.313 e. The molecule has 0 aliphatic heterocycles. The Labute approximate surface area is 95.3 Å². The van der Waals surface area contributed by atoms with Gasteiger partial charge in [0.25, 0.3) is 0 Å². The molecule has 0 amide bonds. The first-order valence-electron chi connectivity index (χ1n) is 5.76. The average Bonchev–Trinajstić information content (AvgIpc) is 2.92. The summed E-state index contributed by atoms with van der Waals surface area (Å²) in [4.78, 5) is 4.35. The predicted molar refractivity (Wildman–Crippen MR) is 64.2 cm³/mol. The van der Waals surface area contributed by atoms with Crippen LogP contribution in [0, 0.1) is 0 Å². The Kier molecular flexibility index (Phi) is 4.11. The number of rotatable bonds is 7. The molecule has 84 valence electrons. The van der Waals surface area contributed by atoms with E-state index in [9.17, 15) is 0 Å². The molecule has 1 aromatic rings. The number of aromatic nitrogens is 1. The fraction of sp³-hybridized carbons (Fsp3) is 0.727. The Balaban J connectivity index is 1.66. The first kappa shape index (κ1) is 11.0. The summed E-state index contributed by atoms with van der Waals surface area (Å²) in [6.45, 7) is 4.31. The van der Waals surface area contributed by atoms with E-state index in [0.29, 0.717) is 6.04 Å². The molecule has 1 atom stereocenters. The van der Waals surface area contributed by atoms with Gasteiger partial charge >= 0.3 is 0 Å². The largest absolute Gasteiger partial charge is 0.313 e. The maximum absolute atomic E-state index is 4.35. The molecule has 1 aromatic heterocycles. The summed E-state index contributed by atoms with van der Waals surface area (Å²) < 4.78 is 0. The minimum atomic E-state index is 0.436. The van der Waals surface area contributed by atoms with E-state index in [1.165, 1.54) is 17.8 Å². The molecule has 1 fully saturated rings. The van der Waals surface area contributed by atoms with Gasteiger partial charge in [-0.2, -0.15) is 0 Å². The van der Waals surface area contributed by atoms with Crippen molar-refractivity contribution in [2.75, 3.05) is 13.1 Å². The number of thiazole rings is 1. The van der Waals surface area contributed by atoms with E-state index < -0.39 is 0 Å². The van der Waals surface area contributed by atoms with Crippen molar-refractivity contribution in [3.05, 3.63) is 16.6 Å². The van der Waals surface area contributed by atoms with E-state index in [1.807, 2.05) is 11.6 Å². The molecule has 1 aliphatic rings. The van der Waals surface area contributed by atoms with E-state index in [4.69, 9.17) is 0 Å². The highest BCUT2D eigenvalue weighted by molar-refractivity contribution is 7.09. The van der Waals surface area contributed by atoms with Crippen LogP contribution in [0.5, 0.6) is 0 Å². The summed E-state index contributed by atoms with van der Waals surface area (Å²) >= 11 is 1.74. The zero-order chi connectivity index (χ0) is 10.5. The number of nitrogens with one attached hydrogen (secondary N) is 2. The molecule has 15 heavy (non-hydrogen) atoms. The Hall–Kier alpha value is -0.450. The number of hydrogen-bond acceptors (Lipinski definition) is 4. The fourth-order valence-electron chi connectivity index (χ4n) is 1.62. The molecule has 1 unspecified atom stereocenters. The van der Waals surface area contributed by atoms with Crippen molar-refractivity contribution in [1.82, 2.24) is 15.6 Å². The van der Waals surface area contributed by atoms with E-state index in [-0.39, 0.29) is 0 Å². The second-order valence-electron chi connectivity index (χ2n) is 4.01. The summed E-state index contributed by atoms with van der Waals surface area (Å²) in [6, 6.07) is 1.25. The molecule has 0 spiro atoms. The Bertz CT molecular complexity index is 269. The standard InChI is InChI=1S/C11H19N3S/c1-2-10(11-14-7-8-15-11)13-6-5-12-9-3-4-9/h7-10,12-13H,2-6H2,1H3. The third-order valence-corrected chi connectivity index (χ3v) is 3.57. The second kappa shape index (κ2) is 5.58. The fourth-order valence-corrected chi connectivity index (χ4v) is 2.42. The normalized spacial score (nSPS) is 17.9. The minimum absolute atomic E-state index is 0.436. The first-order valence-corrected chi connectivity index (χ1v) is 6.64. The SMILES string of the molecule is CCC(NCCNC1CC1)c1nccs1. The molecule has 4 heteroatoms. The van der Waals surface area contributed by atoms with E-state index >= 15 is 0 Å². The van der Waals surface area contributed by atoms with Crippen LogP contribution in [0.1, 0.15) is 37.2 Å². The van der Waals surface area contributed by atoms with Crippen molar-refractivity contribution in [2.45, 2.75) is 38.3 Å². The smallest absolute Gasteiger partial charge is 0.109 e. The van der Waals surface area contributed by atoms with Crippen molar-refractivity contribution >= 4 is 11.3 Å². The lowest BCUT2D eigenvalue weighted by molar-refractivity contribution is 0.502. The number of nitrogens with zero attached hydrogens (tertiary/aromatic N) is 1. The van der Waals surface area contributed by atoms with Crippen LogP contribution in [-0.2, 0) is 0 Å². The lowest BCUT2D eigenvalue weighted by Crippen LogP contribution is -2.31. The molecular weight excluding hydrogens is 206 g/mol. The van der Waals surface area contributed by atoms with Crippen LogP contribution in [0.25, 0.3) is 0 Å². The van der Waals surface area contributed by atoms with E-state index in [0.717, 1.165) is 25.6 Å². The number of hydrogen-bond donors (Lipinski definition) is 2. The summed E-state index contributed by atoms with van der Waals surface area (Å²) in [6.07, 6.45) is 5.72. The molecule has 0 bridgehead atoms. The van der Waals surface area contributed by atoms with Crippen molar-refractivity contribution < 1.29 is 0 Å². The highest BCUT2D eigenvalue weighted by Crippen LogP contribution is 2.19. The Morgan fingerprint density at radius 2 is 2.40 bits per heavy atom. The monoisotopic (exact) mass is 225 g/mol. The van der Waals surface area contributed by atoms with Crippen LogP contribution < -0.4 is 10.6 Å². The second-order valence-corrected chi connectivity index (χ2v) is 4.94. The van der Waals surface area contributed by atoms with Crippen LogP contribution in [0.2, 0.25) is 0 Å². The van der Waals surface area contributed by atoms with E-state index in [1.54, 1.807) is 11.3 Å². The molecule has 3 nitrogen and oxygen atoms in total. The Morgan fingerprint density at radius 1 is 1.53 bits per heavy atom. The Morgan fingerprint density at radius 3 is 3.00 bits per heavy atom. The van der Waals surface area contributed by atoms with Crippen LogP contribution in [0.15, 0.2) is 11.6 Å². The van der Waals surface area contributed by atoms with Gasteiger partial charge in [-0.25, -0.2) is 4.98 Å². The molecule has 2 N–H and O–H groups in total. The summed E-state index contributed by atoms with van der Waals surface area (Å²) in [5.41, 5.74) is 0. The zero-order valence-corrected chi connectivity index (χ0v) is 10.0. The molecule has 1 heterocycles. The van der Waals surface area contributed by atoms with Crippen molar-refractivity contribution in [3.8, 4) is 0 Å². The van der Waals surface area contributed by atoms with Crippen LogP contribution in [-0.4, -0.2) is 24.1 Å².